The molecule has 0 aliphatic heterocycles. The Morgan fingerprint density at radius 2 is 1.89 bits per heavy atom. The molecule has 0 aliphatic carbocycles. The van der Waals surface area contributed by atoms with Crippen LogP contribution in [0.2, 0.25) is 5.02 Å². The minimum atomic E-state index is -0.391. The summed E-state index contributed by atoms with van der Waals surface area (Å²) in [6.07, 6.45) is 3.26. The summed E-state index contributed by atoms with van der Waals surface area (Å²) >= 11 is 6.04. The summed E-state index contributed by atoms with van der Waals surface area (Å²) in [5.74, 6) is -0.749. The Balaban J connectivity index is 1.57. The highest BCUT2D eigenvalue weighted by Gasteiger charge is 2.12. The van der Waals surface area contributed by atoms with Crippen LogP contribution in [0.25, 0.3) is 5.69 Å². The van der Waals surface area contributed by atoms with Crippen LogP contribution in [0.1, 0.15) is 17.5 Å². The van der Waals surface area contributed by atoms with Gasteiger partial charge >= 0.3 is 0 Å². The summed E-state index contributed by atoms with van der Waals surface area (Å²) in [6.45, 7) is 2.11. The first-order valence-corrected chi connectivity index (χ1v) is 8.82. The van der Waals surface area contributed by atoms with E-state index in [0.717, 1.165) is 16.8 Å². The van der Waals surface area contributed by atoms with Crippen LogP contribution in [0.3, 0.4) is 0 Å². The van der Waals surface area contributed by atoms with Gasteiger partial charge in [0.25, 0.3) is 0 Å². The highest BCUT2D eigenvalue weighted by molar-refractivity contribution is 6.31. The molecule has 0 saturated carbocycles. The minimum Gasteiger partial charge on any atom is -0.351 e. The van der Waals surface area contributed by atoms with Crippen LogP contribution in [0.15, 0.2) is 60.9 Å². The van der Waals surface area contributed by atoms with Crippen molar-refractivity contribution in [2.75, 3.05) is 5.32 Å². The monoisotopic (exact) mass is 382 g/mol. The average molecular weight is 383 g/mol. The van der Waals surface area contributed by atoms with Gasteiger partial charge in [-0.05, 0) is 42.3 Å². The summed E-state index contributed by atoms with van der Waals surface area (Å²) < 4.78 is 1.73. The van der Waals surface area contributed by atoms with Gasteiger partial charge in [-0.15, -0.1) is 0 Å². The molecule has 27 heavy (non-hydrogen) atoms. The number of para-hydroxylation sites is 1. The lowest BCUT2D eigenvalue weighted by Crippen LogP contribution is -2.28. The average Bonchev–Trinajstić information content (AvgIpc) is 3.18. The molecule has 0 fully saturated rings. The van der Waals surface area contributed by atoms with Crippen LogP contribution in [-0.4, -0.2) is 21.6 Å². The van der Waals surface area contributed by atoms with Crippen molar-refractivity contribution in [1.29, 1.82) is 0 Å². The molecule has 0 radical (unpaired) electrons. The van der Waals surface area contributed by atoms with Crippen LogP contribution in [0, 0.1) is 6.92 Å². The molecule has 2 N–H and O–H groups in total. The molecule has 1 heterocycles. The van der Waals surface area contributed by atoms with E-state index in [4.69, 9.17) is 11.6 Å². The molecule has 0 atom stereocenters. The quantitative estimate of drug-likeness (QED) is 0.641. The molecule has 6 nitrogen and oxygen atoms in total. The molecular weight excluding hydrogens is 364 g/mol. The van der Waals surface area contributed by atoms with Crippen molar-refractivity contribution in [3.63, 3.8) is 0 Å². The van der Waals surface area contributed by atoms with Crippen LogP contribution in [0.5, 0.6) is 0 Å². The summed E-state index contributed by atoms with van der Waals surface area (Å²) in [5.41, 5.74) is 3.15. The second kappa shape index (κ2) is 8.51. The van der Waals surface area contributed by atoms with Gasteiger partial charge < -0.3 is 10.6 Å². The summed E-state index contributed by atoms with van der Waals surface area (Å²) in [6, 6.07) is 14.7. The second-order valence-corrected chi connectivity index (χ2v) is 6.40. The Hall–Kier alpha value is -3.12. The molecular formula is C20H19ClN4O2. The van der Waals surface area contributed by atoms with Gasteiger partial charge in [0.05, 0.1) is 5.69 Å². The number of hydrogen-bond donors (Lipinski definition) is 2. The first kappa shape index (κ1) is 18.7. The minimum absolute atomic E-state index is 0.268. The summed E-state index contributed by atoms with van der Waals surface area (Å²) in [7, 11) is 0. The van der Waals surface area contributed by atoms with Crippen molar-refractivity contribution in [3.05, 3.63) is 77.1 Å². The Morgan fingerprint density at radius 3 is 2.67 bits per heavy atom. The third-order valence-corrected chi connectivity index (χ3v) is 4.49. The van der Waals surface area contributed by atoms with E-state index < -0.39 is 5.91 Å². The summed E-state index contributed by atoms with van der Waals surface area (Å²) in [4.78, 5) is 24.3. The van der Waals surface area contributed by atoms with Crippen LogP contribution < -0.4 is 10.6 Å². The van der Waals surface area contributed by atoms with Crippen molar-refractivity contribution >= 4 is 29.1 Å². The van der Waals surface area contributed by atoms with E-state index in [-0.39, 0.29) is 12.3 Å². The van der Waals surface area contributed by atoms with Gasteiger partial charge in [-0.2, -0.15) is 5.10 Å². The zero-order chi connectivity index (χ0) is 19.2. The number of carbonyl (C=O) groups is 2. The van der Waals surface area contributed by atoms with Crippen molar-refractivity contribution in [3.8, 4) is 5.69 Å². The van der Waals surface area contributed by atoms with E-state index in [9.17, 15) is 9.59 Å². The standard InChI is InChI=1S/C20H19ClN4O2/c1-14-16(21)7-4-8-17(14)24-20(27)12-19(26)22-13-15-6-2-3-9-18(15)25-11-5-10-23-25/h2-11H,12-13H2,1H3,(H,22,26)(H,24,27). The number of amides is 2. The fourth-order valence-electron chi connectivity index (χ4n) is 2.63. The molecule has 2 amide bonds. The van der Waals surface area contributed by atoms with Crippen molar-refractivity contribution in [1.82, 2.24) is 15.1 Å². The van der Waals surface area contributed by atoms with Crippen molar-refractivity contribution in [2.45, 2.75) is 19.9 Å². The maximum atomic E-state index is 12.1. The van der Waals surface area contributed by atoms with Gasteiger partial charge in [-0.1, -0.05) is 35.9 Å². The Kier molecular flexibility index (Phi) is 5.88. The third-order valence-electron chi connectivity index (χ3n) is 4.08. The Labute approximate surface area is 162 Å². The van der Waals surface area contributed by atoms with Crippen molar-refractivity contribution < 1.29 is 9.59 Å². The Morgan fingerprint density at radius 1 is 1.07 bits per heavy atom. The first-order chi connectivity index (χ1) is 13.0. The van der Waals surface area contributed by atoms with Crippen LogP contribution in [0.4, 0.5) is 5.69 Å². The van der Waals surface area contributed by atoms with Gasteiger partial charge in [0.2, 0.25) is 11.8 Å². The van der Waals surface area contributed by atoms with Gasteiger partial charge in [0, 0.05) is 29.6 Å². The maximum Gasteiger partial charge on any atom is 0.233 e. The maximum absolute atomic E-state index is 12.1. The fourth-order valence-corrected chi connectivity index (χ4v) is 2.81. The molecule has 3 rings (SSSR count). The zero-order valence-corrected chi connectivity index (χ0v) is 15.5. The number of aromatic nitrogens is 2. The second-order valence-electron chi connectivity index (χ2n) is 5.99. The molecule has 0 aliphatic rings. The number of anilines is 1. The highest BCUT2D eigenvalue weighted by atomic mass is 35.5. The van der Waals surface area contributed by atoms with Crippen LogP contribution >= 0.6 is 11.6 Å². The number of rotatable bonds is 6. The number of nitrogens with one attached hydrogen (secondary N) is 2. The molecule has 3 aromatic rings. The van der Waals surface area contributed by atoms with E-state index >= 15 is 0 Å². The fraction of sp³-hybridized carbons (Fsp3) is 0.150. The number of benzene rings is 2. The van der Waals surface area contributed by atoms with Gasteiger partial charge in [0.1, 0.15) is 6.42 Å². The summed E-state index contributed by atoms with van der Waals surface area (Å²) in [5, 5.41) is 10.3. The van der Waals surface area contributed by atoms with E-state index in [1.165, 1.54) is 0 Å². The molecule has 0 bridgehead atoms. The molecule has 0 saturated heterocycles. The lowest BCUT2D eigenvalue weighted by Gasteiger charge is -2.12. The molecule has 1 aromatic heterocycles. The van der Waals surface area contributed by atoms with Gasteiger partial charge in [0.15, 0.2) is 0 Å². The van der Waals surface area contributed by atoms with Crippen LogP contribution in [-0.2, 0) is 16.1 Å². The lowest BCUT2D eigenvalue weighted by molar-refractivity contribution is -0.126. The van der Waals surface area contributed by atoms with Crippen molar-refractivity contribution in [2.24, 2.45) is 0 Å². The van der Waals surface area contributed by atoms with E-state index in [0.29, 0.717) is 17.3 Å². The molecule has 2 aromatic carbocycles. The molecule has 138 valence electrons. The predicted molar refractivity (Wildman–Crippen MR) is 105 cm³/mol. The van der Waals surface area contributed by atoms with E-state index in [1.807, 2.05) is 43.5 Å². The normalized spacial score (nSPS) is 10.4. The predicted octanol–water partition coefficient (Wildman–Crippen LogP) is 3.48. The van der Waals surface area contributed by atoms with Gasteiger partial charge in [-0.25, -0.2) is 4.68 Å². The number of carbonyl (C=O) groups excluding carboxylic acids is 2. The van der Waals surface area contributed by atoms with E-state index in [2.05, 4.69) is 15.7 Å². The number of hydrogen-bond acceptors (Lipinski definition) is 3. The largest absolute Gasteiger partial charge is 0.351 e. The smallest absolute Gasteiger partial charge is 0.233 e. The Bertz CT molecular complexity index is 954. The number of nitrogens with zero attached hydrogens (tertiary/aromatic N) is 2. The first-order valence-electron chi connectivity index (χ1n) is 8.44. The molecule has 7 heteroatoms. The zero-order valence-electron chi connectivity index (χ0n) is 14.8. The van der Waals surface area contributed by atoms with Gasteiger partial charge in [-0.3, -0.25) is 9.59 Å². The SMILES string of the molecule is Cc1c(Cl)cccc1NC(=O)CC(=O)NCc1ccccc1-n1cccn1. The molecule has 0 unspecified atom stereocenters. The molecule has 0 spiro atoms. The third kappa shape index (κ3) is 4.74. The van der Waals surface area contributed by atoms with E-state index in [1.54, 1.807) is 29.1 Å². The highest BCUT2D eigenvalue weighted by Crippen LogP contribution is 2.23. The lowest BCUT2D eigenvalue weighted by atomic mass is 10.1. The topological polar surface area (TPSA) is 76.0 Å². The number of halogens is 1.